The van der Waals surface area contributed by atoms with Gasteiger partial charge in [0.1, 0.15) is 11.4 Å². The molecule has 9 nitrogen and oxygen atoms in total. The largest absolute Gasteiger partial charge is 0.478 e. The number of rotatable bonds is 13. The zero-order chi connectivity index (χ0) is 39.2. The highest BCUT2D eigenvalue weighted by Crippen LogP contribution is 2.43. The van der Waals surface area contributed by atoms with Gasteiger partial charge in [-0.2, -0.15) is 0 Å². The number of carbonyl (C=O) groups is 1. The smallest absolute Gasteiger partial charge is 0.328 e. The number of hydrogen-bond donors (Lipinski definition) is 1. The molecule has 0 radical (unpaired) electrons. The third kappa shape index (κ3) is 7.18. The van der Waals surface area contributed by atoms with Crippen LogP contribution in [0.1, 0.15) is 53.4 Å². The van der Waals surface area contributed by atoms with Gasteiger partial charge >= 0.3 is 5.97 Å². The molecule has 0 unspecified atom stereocenters. The molecule has 0 saturated carbocycles. The van der Waals surface area contributed by atoms with E-state index >= 15 is 0 Å². The van der Waals surface area contributed by atoms with Crippen molar-refractivity contribution in [1.29, 1.82) is 0 Å². The third-order valence-electron chi connectivity index (χ3n) is 10.4. The number of benzene rings is 6. The predicted octanol–water partition coefficient (Wildman–Crippen LogP) is 9.05. The molecule has 0 spiro atoms. The monoisotopic (exact) mass is 748 g/mol. The first-order valence-electron chi connectivity index (χ1n) is 19.1. The summed E-state index contributed by atoms with van der Waals surface area (Å²) in [5.74, 6) is 0.283. The lowest BCUT2D eigenvalue weighted by Crippen LogP contribution is -2.39. The second kappa shape index (κ2) is 16.2. The van der Waals surface area contributed by atoms with Gasteiger partial charge in [-0.1, -0.05) is 159 Å². The van der Waals surface area contributed by atoms with Gasteiger partial charge in [0.2, 0.25) is 0 Å². The molecule has 9 heteroatoms. The molecule has 0 bridgehead atoms. The van der Waals surface area contributed by atoms with E-state index < -0.39 is 11.5 Å². The molecule has 0 aliphatic carbocycles. The number of tetrazole rings is 1. The molecule has 2 aromatic heterocycles. The first-order chi connectivity index (χ1) is 28.0. The van der Waals surface area contributed by atoms with Gasteiger partial charge in [0.25, 0.3) is 5.56 Å². The minimum Gasteiger partial charge on any atom is -0.478 e. The zero-order valence-electron chi connectivity index (χ0n) is 31.4. The number of aliphatic carboxylic acids is 1. The molecule has 0 atom stereocenters. The van der Waals surface area contributed by atoms with Crippen LogP contribution in [-0.2, 0) is 23.3 Å². The van der Waals surface area contributed by atoms with Crippen LogP contribution in [0, 0.1) is 0 Å². The van der Waals surface area contributed by atoms with Crippen molar-refractivity contribution in [1.82, 2.24) is 29.8 Å². The van der Waals surface area contributed by atoms with E-state index in [2.05, 4.69) is 72.8 Å². The van der Waals surface area contributed by atoms with Gasteiger partial charge < -0.3 is 5.11 Å². The molecule has 57 heavy (non-hydrogen) atoms. The lowest BCUT2D eigenvalue weighted by molar-refractivity contribution is -0.131. The van der Waals surface area contributed by atoms with Gasteiger partial charge in [-0.25, -0.2) is 14.5 Å². The Hall–Kier alpha value is -7.26. The Kier molecular flexibility index (Phi) is 10.4. The number of fused-ring (bicyclic) bond motifs is 1. The molecule has 8 rings (SSSR count). The minimum atomic E-state index is -1.05. The van der Waals surface area contributed by atoms with E-state index in [1.54, 1.807) is 22.8 Å². The fourth-order valence-electron chi connectivity index (χ4n) is 7.63. The fraction of sp³-hybridized carbons (Fsp3) is 0.125. The van der Waals surface area contributed by atoms with Crippen LogP contribution in [0.5, 0.6) is 0 Å². The summed E-state index contributed by atoms with van der Waals surface area (Å²) in [5, 5.41) is 23.4. The van der Waals surface area contributed by atoms with Gasteiger partial charge in [-0.3, -0.25) is 9.36 Å². The van der Waals surface area contributed by atoms with Crippen LogP contribution in [0.2, 0.25) is 0 Å². The average molecular weight is 749 g/mol. The molecule has 2 heterocycles. The molecule has 0 fully saturated rings. The number of carboxylic acids is 1. The highest BCUT2D eigenvalue weighted by atomic mass is 16.4. The summed E-state index contributed by atoms with van der Waals surface area (Å²) in [6.45, 7) is 2.45. The second-order valence-electron chi connectivity index (χ2n) is 13.9. The van der Waals surface area contributed by atoms with Crippen LogP contribution in [0.25, 0.3) is 39.5 Å². The number of unbranched alkanes of at least 4 members (excludes halogenated alkanes) is 1. The molecule has 0 saturated heterocycles. The maximum Gasteiger partial charge on any atom is 0.328 e. The zero-order valence-corrected chi connectivity index (χ0v) is 31.4. The van der Waals surface area contributed by atoms with E-state index in [9.17, 15) is 9.59 Å². The predicted molar refractivity (Wildman–Crippen MR) is 224 cm³/mol. The second-order valence-corrected chi connectivity index (χ2v) is 13.9. The lowest BCUT2D eigenvalue weighted by Gasteiger charge is -2.36. The van der Waals surface area contributed by atoms with Crippen LogP contribution < -0.4 is 5.56 Å². The van der Waals surface area contributed by atoms with Crippen molar-refractivity contribution in [2.24, 2.45) is 0 Å². The first-order valence-corrected chi connectivity index (χ1v) is 19.1. The van der Waals surface area contributed by atoms with Crippen LogP contribution in [0.4, 0.5) is 0 Å². The van der Waals surface area contributed by atoms with Crippen molar-refractivity contribution in [3.8, 4) is 22.5 Å². The van der Waals surface area contributed by atoms with Crippen molar-refractivity contribution < 1.29 is 9.90 Å². The van der Waals surface area contributed by atoms with Crippen molar-refractivity contribution in [3.63, 3.8) is 0 Å². The van der Waals surface area contributed by atoms with Crippen molar-refractivity contribution in [2.75, 3.05) is 0 Å². The Bertz CT molecular complexity index is 2650. The van der Waals surface area contributed by atoms with E-state index in [1.807, 2.05) is 83.5 Å². The summed E-state index contributed by atoms with van der Waals surface area (Å²) < 4.78 is 3.69. The number of carboxylic acid groups (broad SMARTS) is 1. The first kappa shape index (κ1) is 36.7. The number of hydrogen-bond acceptors (Lipinski definition) is 6. The highest BCUT2D eigenvalue weighted by molar-refractivity contribution is 5.87. The van der Waals surface area contributed by atoms with E-state index in [0.29, 0.717) is 35.3 Å². The number of aryl methyl sites for hydroxylation is 1. The standard InChI is InChI=1S/C48H40N6O3/c1-2-3-23-44-49-43-30-26-34(27-31-45(55)56)32-42(43)47(57)53(44)33-35-24-28-36(29-25-35)40-21-13-14-22-41(40)46-50-51-52-54(46)48(37-15-7-4-8-16-37,38-17-9-5-10-18-38)39-19-11-6-12-20-39/h4-22,24-32H,2-3,23,33H2,1H3,(H,55,56)/b31-27+. The highest BCUT2D eigenvalue weighted by Gasteiger charge is 2.42. The maximum absolute atomic E-state index is 14.1. The van der Waals surface area contributed by atoms with Gasteiger partial charge in [-0.15, -0.1) is 5.10 Å². The van der Waals surface area contributed by atoms with Gasteiger partial charge in [0, 0.05) is 18.1 Å². The van der Waals surface area contributed by atoms with Crippen molar-refractivity contribution in [3.05, 3.63) is 208 Å². The van der Waals surface area contributed by atoms with Crippen LogP contribution in [-0.4, -0.2) is 40.8 Å². The Morgan fingerprint density at radius 3 is 1.93 bits per heavy atom. The summed E-state index contributed by atoms with van der Waals surface area (Å²) in [5.41, 5.74) is 6.95. The summed E-state index contributed by atoms with van der Waals surface area (Å²) in [4.78, 5) is 30.1. The minimum absolute atomic E-state index is 0.156. The molecule has 280 valence electrons. The van der Waals surface area contributed by atoms with E-state index in [1.165, 1.54) is 6.08 Å². The molecule has 0 amide bonds. The number of aromatic nitrogens is 6. The SMILES string of the molecule is CCCCc1nc2ccc(/C=C/C(=O)O)cc2c(=O)n1Cc1ccc(-c2ccccc2-c2nnnn2C(c2ccccc2)(c2ccccc2)c2ccccc2)cc1. The lowest BCUT2D eigenvalue weighted by atomic mass is 9.77. The summed E-state index contributed by atoms with van der Waals surface area (Å²) in [6, 6.07) is 52.7. The Morgan fingerprint density at radius 2 is 1.33 bits per heavy atom. The summed E-state index contributed by atoms with van der Waals surface area (Å²) in [6.07, 6.45) is 5.07. The summed E-state index contributed by atoms with van der Waals surface area (Å²) >= 11 is 0. The van der Waals surface area contributed by atoms with E-state index in [0.717, 1.165) is 63.7 Å². The van der Waals surface area contributed by atoms with Crippen molar-refractivity contribution >= 4 is 22.9 Å². The van der Waals surface area contributed by atoms with Gasteiger partial charge in [0.05, 0.1) is 17.4 Å². The molecule has 0 aliphatic heterocycles. The van der Waals surface area contributed by atoms with E-state index in [-0.39, 0.29) is 5.56 Å². The Balaban J connectivity index is 1.21. The molecule has 0 aliphatic rings. The maximum atomic E-state index is 14.1. The normalized spacial score (nSPS) is 11.7. The van der Waals surface area contributed by atoms with Crippen molar-refractivity contribution in [2.45, 2.75) is 38.3 Å². The summed E-state index contributed by atoms with van der Waals surface area (Å²) in [7, 11) is 0. The molecular weight excluding hydrogens is 709 g/mol. The molecular formula is C48H40N6O3. The molecule has 6 aromatic carbocycles. The van der Waals surface area contributed by atoms with Gasteiger partial charge in [-0.05, 0) is 74.0 Å². The van der Waals surface area contributed by atoms with Crippen LogP contribution in [0.3, 0.4) is 0 Å². The van der Waals surface area contributed by atoms with Gasteiger partial charge in [0.15, 0.2) is 5.82 Å². The van der Waals surface area contributed by atoms with Crippen LogP contribution in [0.15, 0.2) is 169 Å². The molecule has 8 aromatic rings. The Labute approximate surface area is 330 Å². The van der Waals surface area contributed by atoms with E-state index in [4.69, 9.17) is 20.4 Å². The fourth-order valence-corrected chi connectivity index (χ4v) is 7.63. The van der Waals surface area contributed by atoms with Crippen LogP contribution >= 0.6 is 0 Å². The molecule has 1 N–H and O–H groups in total. The number of nitrogens with zero attached hydrogens (tertiary/aromatic N) is 6. The third-order valence-corrected chi connectivity index (χ3v) is 10.4. The quantitative estimate of drug-likeness (QED) is 0.0924. The Morgan fingerprint density at radius 1 is 0.737 bits per heavy atom. The topological polar surface area (TPSA) is 116 Å². The average Bonchev–Trinajstić information content (AvgIpc) is 3.75.